The lowest BCUT2D eigenvalue weighted by Gasteiger charge is -2.34. The van der Waals surface area contributed by atoms with Gasteiger partial charge in [0.15, 0.2) is 0 Å². The minimum Gasteiger partial charge on any atom is -0.380 e. The SMILES string of the molecule is CCN(CC)C(=O)C(O)(CC)C(C)C. The first kappa shape index (κ1) is 13.4. The zero-order valence-electron chi connectivity index (χ0n) is 10.0. The Morgan fingerprint density at radius 3 is 1.93 bits per heavy atom. The molecule has 0 aliphatic rings. The predicted molar refractivity (Wildman–Crippen MR) is 58.0 cm³/mol. The zero-order valence-corrected chi connectivity index (χ0v) is 10.0. The molecular formula is C11H23NO2. The summed E-state index contributed by atoms with van der Waals surface area (Å²) in [6.45, 7) is 10.8. The normalized spacial score (nSPS) is 15.4. The summed E-state index contributed by atoms with van der Waals surface area (Å²) in [7, 11) is 0. The van der Waals surface area contributed by atoms with Gasteiger partial charge < -0.3 is 10.0 Å². The van der Waals surface area contributed by atoms with Gasteiger partial charge in [-0.2, -0.15) is 0 Å². The third-order valence-corrected chi connectivity index (χ3v) is 2.92. The van der Waals surface area contributed by atoms with E-state index in [1.54, 1.807) is 4.90 Å². The van der Waals surface area contributed by atoms with E-state index in [1.807, 2.05) is 34.6 Å². The first-order chi connectivity index (χ1) is 6.43. The van der Waals surface area contributed by atoms with Crippen molar-refractivity contribution in [3.63, 3.8) is 0 Å². The van der Waals surface area contributed by atoms with E-state index in [-0.39, 0.29) is 11.8 Å². The maximum Gasteiger partial charge on any atom is 0.254 e. The van der Waals surface area contributed by atoms with Crippen LogP contribution in [0.1, 0.15) is 41.0 Å². The van der Waals surface area contributed by atoms with Crippen LogP contribution >= 0.6 is 0 Å². The van der Waals surface area contributed by atoms with E-state index >= 15 is 0 Å². The van der Waals surface area contributed by atoms with Crippen molar-refractivity contribution in [3.05, 3.63) is 0 Å². The molecule has 3 heteroatoms. The number of nitrogens with zero attached hydrogens (tertiary/aromatic N) is 1. The molecule has 1 atom stereocenters. The van der Waals surface area contributed by atoms with Crippen LogP contribution in [0, 0.1) is 5.92 Å². The fraction of sp³-hybridized carbons (Fsp3) is 0.909. The molecule has 0 aliphatic carbocycles. The Hall–Kier alpha value is -0.570. The molecule has 0 aliphatic heterocycles. The lowest BCUT2D eigenvalue weighted by molar-refractivity contribution is -0.156. The molecule has 14 heavy (non-hydrogen) atoms. The highest BCUT2D eigenvalue weighted by Gasteiger charge is 2.39. The first-order valence-corrected chi connectivity index (χ1v) is 5.45. The smallest absolute Gasteiger partial charge is 0.254 e. The van der Waals surface area contributed by atoms with Gasteiger partial charge in [0, 0.05) is 13.1 Å². The summed E-state index contributed by atoms with van der Waals surface area (Å²) < 4.78 is 0. The van der Waals surface area contributed by atoms with Gasteiger partial charge in [-0.25, -0.2) is 0 Å². The number of hydrogen-bond acceptors (Lipinski definition) is 2. The quantitative estimate of drug-likeness (QED) is 0.734. The molecule has 0 rings (SSSR count). The van der Waals surface area contributed by atoms with Crippen molar-refractivity contribution in [1.29, 1.82) is 0 Å². The van der Waals surface area contributed by atoms with Crippen molar-refractivity contribution >= 4 is 5.91 Å². The van der Waals surface area contributed by atoms with Gasteiger partial charge in [-0.15, -0.1) is 0 Å². The minimum atomic E-state index is -1.19. The van der Waals surface area contributed by atoms with Crippen LogP contribution in [0.4, 0.5) is 0 Å². The average molecular weight is 201 g/mol. The summed E-state index contributed by atoms with van der Waals surface area (Å²) in [6, 6.07) is 0. The Kier molecular flexibility index (Phi) is 5.13. The van der Waals surface area contributed by atoms with E-state index in [2.05, 4.69) is 0 Å². The molecule has 0 saturated heterocycles. The Labute approximate surface area is 87.1 Å². The highest BCUT2D eigenvalue weighted by molar-refractivity contribution is 5.85. The van der Waals surface area contributed by atoms with E-state index in [9.17, 15) is 9.90 Å². The number of amides is 1. The lowest BCUT2D eigenvalue weighted by atomic mass is 9.86. The Morgan fingerprint density at radius 2 is 1.71 bits per heavy atom. The maximum absolute atomic E-state index is 12.0. The molecule has 0 aromatic rings. The summed E-state index contributed by atoms with van der Waals surface area (Å²) in [5.41, 5.74) is -1.19. The second kappa shape index (κ2) is 5.35. The topological polar surface area (TPSA) is 40.5 Å². The van der Waals surface area contributed by atoms with Gasteiger partial charge in [-0.1, -0.05) is 20.8 Å². The van der Waals surface area contributed by atoms with Gasteiger partial charge in [0.25, 0.3) is 5.91 Å². The standard InChI is InChI=1S/C11H23NO2/c1-6-11(14,9(4)5)10(13)12(7-2)8-3/h9,14H,6-8H2,1-5H3. The largest absolute Gasteiger partial charge is 0.380 e. The van der Waals surface area contributed by atoms with Crippen LogP contribution in [0.2, 0.25) is 0 Å². The van der Waals surface area contributed by atoms with Crippen molar-refractivity contribution < 1.29 is 9.90 Å². The molecular weight excluding hydrogens is 178 g/mol. The second-order valence-corrected chi connectivity index (χ2v) is 3.91. The molecule has 1 unspecified atom stereocenters. The van der Waals surface area contributed by atoms with Gasteiger partial charge in [0.05, 0.1) is 0 Å². The third-order valence-electron chi connectivity index (χ3n) is 2.92. The molecule has 0 fully saturated rings. The van der Waals surface area contributed by atoms with E-state index in [4.69, 9.17) is 0 Å². The summed E-state index contributed by atoms with van der Waals surface area (Å²) in [6.07, 6.45) is 0.472. The molecule has 0 bridgehead atoms. The Bertz CT molecular complexity index is 188. The van der Waals surface area contributed by atoms with Crippen LogP contribution in [0.5, 0.6) is 0 Å². The maximum atomic E-state index is 12.0. The van der Waals surface area contributed by atoms with Crippen molar-refractivity contribution in [3.8, 4) is 0 Å². The van der Waals surface area contributed by atoms with Crippen LogP contribution in [0.3, 0.4) is 0 Å². The second-order valence-electron chi connectivity index (χ2n) is 3.91. The summed E-state index contributed by atoms with van der Waals surface area (Å²) in [4.78, 5) is 13.7. The summed E-state index contributed by atoms with van der Waals surface area (Å²) in [5, 5.41) is 10.2. The van der Waals surface area contributed by atoms with E-state index < -0.39 is 5.60 Å². The average Bonchev–Trinajstić information content (AvgIpc) is 2.17. The van der Waals surface area contributed by atoms with Crippen LogP contribution in [0.25, 0.3) is 0 Å². The molecule has 0 radical (unpaired) electrons. The van der Waals surface area contributed by atoms with Gasteiger partial charge in [0.1, 0.15) is 5.60 Å². The number of carbonyl (C=O) groups is 1. The third kappa shape index (κ3) is 2.47. The summed E-state index contributed by atoms with van der Waals surface area (Å²) >= 11 is 0. The van der Waals surface area contributed by atoms with Gasteiger partial charge >= 0.3 is 0 Å². The lowest BCUT2D eigenvalue weighted by Crippen LogP contribution is -2.51. The minimum absolute atomic E-state index is 0.0411. The van der Waals surface area contributed by atoms with Crippen LogP contribution in [0.15, 0.2) is 0 Å². The number of likely N-dealkylation sites (N-methyl/N-ethyl adjacent to an activating group) is 1. The molecule has 3 nitrogen and oxygen atoms in total. The molecule has 0 aromatic heterocycles. The Morgan fingerprint density at radius 1 is 1.29 bits per heavy atom. The van der Waals surface area contributed by atoms with Gasteiger partial charge in [0.2, 0.25) is 0 Å². The van der Waals surface area contributed by atoms with E-state index in [0.717, 1.165) is 0 Å². The Balaban J connectivity index is 4.76. The zero-order chi connectivity index (χ0) is 11.4. The molecule has 0 aromatic carbocycles. The molecule has 0 saturated carbocycles. The van der Waals surface area contributed by atoms with E-state index in [1.165, 1.54) is 0 Å². The van der Waals surface area contributed by atoms with Crippen LogP contribution in [-0.2, 0) is 4.79 Å². The molecule has 84 valence electrons. The number of aliphatic hydroxyl groups is 1. The number of hydrogen-bond donors (Lipinski definition) is 1. The molecule has 1 amide bonds. The number of rotatable bonds is 5. The first-order valence-electron chi connectivity index (χ1n) is 5.45. The molecule has 1 N–H and O–H groups in total. The monoisotopic (exact) mass is 201 g/mol. The van der Waals surface area contributed by atoms with E-state index in [0.29, 0.717) is 19.5 Å². The van der Waals surface area contributed by atoms with Crippen LogP contribution in [-0.4, -0.2) is 34.6 Å². The fourth-order valence-corrected chi connectivity index (χ4v) is 1.59. The number of carbonyl (C=O) groups excluding carboxylic acids is 1. The highest BCUT2D eigenvalue weighted by Crippen LogP contribution is 2.23. The van der Waals surface area contributed by atoms with Crippen LogP contribution < -0.4 is 0 Å². The fourth-order valence-electron chi connectivity index (χ4n) is 1.59. The predicted octanol–water partition coefficient (Wildman–Crippen LogP) is 1.65. The summed E-state index contributed by atoms with van der Waals surface area (Å²) in [5.74, 6) is -0.180. The van der Waals surface area contributed by atoms with Crippen molar-refractivity contribution in [1.82, 2.24) is 4.90 Å². The van der Waals surface area contributed by atoms with Gasteiger partial charge in [-0.3, -0.25) is 4.79 Å². The molecule has 0 spiro atoms. The van der Waals surface area contributed by atoms with Gasteiger partial charge in [-0.05, 0) is 26.2 Å². The van der Waals surface area contributed by atoms with Crippen molar-refractivity contribution in [2.24, 2.45) is 5.92 Å². The van der Waals surface area contributed by atoms with Crippen molar-refractivity contribution in [2.45, 2.75) is 46.6 Å². The molecule has 0 heterocycles. The van der Waals surface area contributed by atoms with Crippen molar-refractivity contribution in [2.75, 3.05) is 13.1 Å². The highest BCUT2D eigenvalue weighted by atomic mass is 16.3.